The molecule has 131 heavy (non-hydrogen) atoms. The molecule has 0 saturated carbocycles. The van der Waals surface area contributed by atoms with Crippen LogP contribution in [0.2, 0.25) is 0 Å². The van der Waals surface area contributed by atoms with Crippen molar-refractivity contribution in [1.82, 2.24) is 72.3 Å². The Balaban J connectivity index is 0.666. The Morgan fingerprint density at radius 3 is 1.11 bits per heavy atom. The van der Waals surface area contributed by atoms with Gasteiger partial charge in [-0.3, -0.25) is 28.3 Å². The molecule has 0 spiro atoms. The van der Waals surface area contributed by atoms with Gasteiger partial charge in [0, 0.05) is 112 Å². The molecule has 12 rings (SSSR count). The highest BCUT2D eigenvalue weighted by Gasteiger charge is 2.33. The van der Waals surface area contributed by atoms with E-state index in [4.69, 9.17) is 38.4 Å². The standard InChI is InChI=1S/C91H111F3N20O17/c1-9-63-55-98-86(107(13-5)14-6)104-77(63)101-72(83(117)130-122)51-61-25-31-68(32-26-61)113-80-75(21-18-36-96-80)110(89(113)120)39-42-125-45-47-128-59-70(129-49-48-126-43-40-111-76-22-19-37-97-81(76)114(90(111)121)69-33-27-62(28-34-69)52-73(84(118)131-123)102-78-64(10-2)56-99-87(105-78)108(15-7)16-8)58-127-46-44-124-41-38-109-74-20-17-35-95-79(74)112(88(109)119)67-29-23-60(24-30-67)50-65(82(115)116)53-71-66(54-91(92,93)94)57-100-85(103-71)106(11-3)12-4/h17-37,55-57,65,70,72-73,122-123H,9-16,38-54,58-59H2,1-8H3,(H,115,116)(H,98,101,104)(H,99,102,105)/t65-,70?,72+,73+/m1/s1. The zero-order valence-corrected chi connectivity index (χ0v) is 74.5. The number of carbonyl (C=O) groups is 3. The average molecular weight is 1810 g/mol. The Morgan fingerprint density at radius 2 is 0.771 bits per heavy atom. The predicted molar refractivity (Wildman–Crippen MR) is 483 cm³/mol. The van der Waals surface area contributed by atoms with E-state index in [9.17, 15) is 57.6 Å². The molecule has 0 aliphatic rings. The smallest absolute Gasteiger partial charge is 0.393 e. The van der Waals surface area contributed by atoms with E-state index < -0.39 is 60.3 Å². The summed E-state index contributed by atoms with van der Waals surface area (Å²) in [6.07, 6.45) is 3.77. The van der Waals surface area contributed by atoms with Crippen LogP contribution in [-0.2, 0) is 117 Å². The van der Waals surface area contributed by atoms with E-state index >= 15 is 0 Å². The van der Waals surface area contributed by atoms with Crippen LogP contribution in [0.5, 0.6) is 0 Å². The first kappa shape index (κ1) is 97.1. The molecule has 0 radical (unpaired) electrons. The lowest BCUT2D eigenvalue weighted by atomic mass is 9.92. The number of anilines is 5. The molecule has 4 atom stereocenters. The summed E-state index contributed by atoms with van der Waals surface area (Å²) in [5.41, 5.74) is 6.40. The zero-order valence-electron chi connectivity index (χ0n) is 74.5. The number of nitrogens with one attached hydrogen (secondary N) is 2. The maximum Gasteiger partial charge on any atom is 0.393 e. The van der Waals surface area contributed by atoms with Crippen LogP contribution in [0.1, 0.15) is 94.5 Å². The van der Waals surface area contributed by atoms with Crippen LogP contribution in [0.25, 0.3) is 50.6 Å². The number of rotatable bonds is 53. The number of aromatic nitrogens is 15. The maximum absolute atomic E-state index is 14.4. The van der Waals surface area contributed by atoms with Crippen LogP contribution in [0.4, 0.5) is 42.7 Å². The molecule has 0 aliphatic carbocycles. The number of carboxylic acid groups (broad SMARTS) is 1. The summed E-state index contributed by atoms with van der Waals surface area (Å²) in [5.74, 6) is -2.13. The van der Waals surface area contributed by atoms with Crippen LogP contribution in [0, 0.1) is 5.92 Å². The van der Waals surface area contributed by atoms with Crippen LogP contribution in [-0.4, -0.2) is 242 Å². The monoisotopic (exact) mass is 1810 g/mol. The number of carboxylic acids is 1. The second kappa shape index (κ2) is 47.0. The molecule has 9 heterocycles. The number of pyridine rings is 3. The molecule has 698 valence electrons. The number of aryl methyl sites for hydroxylation is 2. The molecule has 0 amide bonds. The van der Waals surface area contributed by atoms with E-state index in [0.717, 1.165) is 17.3 Å². The normalized spacial score (nSPS) is 12.6. The van der Waals surface area contributed by atoms with Crippen molar-refractivity contribution in [2.24, 2.45) is 5.92 Å². The third-order valence-electron chi connectivity index (χ3n) is 22.4. The highest BCUT2D eigenvalue weighted by atomic mass is 19.4. The number of carbonyl (C=O) groups excluding carboxylic acids is 2. The van der Waals surface area contributed by atoms with Crippen molar-refractivity contribution in [3.8, 4) is 17.1 Å². The van der Waals surface area contributed by atoms with Gasteiger partial charge < -0.3 is 58.9 Å². The molecule has 37 nitrogen and oxygen atoms in total. The summed E-state index contributed by atoms with van der Waals surface area (Å²) in [6, 6.07) is 29.2. The Labute approximate surface area is 752 Å². The minimum Gasteiger partial charge on any atom is -0.481 e. The van der Waals surface area contributed by atoms with Crippen molar-refractivity contribution in [1.29, 1.82) is 0 Å². The van der Waals surface area contributed by atoms with Crippen molar-refractivity contribution in [2.45, 2.75) is 144 Å². The number of alkyl halides is 3. The van der Waals surface area contributed by atoms with Gasteiger partial charge in [0.05, 0.1) is 144 Å². The van der Waals surface area contributed by atoms with Gasteiger partial charge >= 0.3 is 41.2 Å². The SMILES string of the molecule is CCc1cnc(N(CC)CC)nc1N[C@@H](Cc1ccc(-n2c(=O)n(CCOCCOCC(COCCOCCn3c(=O)n(-c4ccc(C[C@H](Cc5nc(N(CC)CC)ncc5CC(F)(F)F)C(=O)O)cc4)c4ncccc43)OCCOCCn3c(=O)n(-c4ccc(C[C@H](Nc5nc(N(CC)CC)ncc5CC)C(=O)OO)cc4)c4ncccc43)c3cccnc32)cc1)C(=O)OO. The van der Waals surface area contributed by atoms with E-state index in [-0.39, 0.29) is 147 Å². The number of fused-ring (bicyclic) bond motifs is 3. The van der Waals surface area contributed by atoms with E-state index in [1.54, 1.807) is 154 Å². The summed E-state index contributed by atoms with van der Waals surface area (Å²) in [4.78, 5) is 137. The summed E-state index contributed by atoms with van der Waals surface area (Å²) in [7, 11) is 0. The summed E-state index contributed by atoms with van der Waals surface area (Å²) >= 11 is 0. The molecule has 9 aromatic heterocycles. The number of halogens is 3. The fraction of sp³-hybridized carbons (Fsp3) is 0.440. The quantitative estimate of drug-likeness (QED) is 0.0134. The van der Waals surface area contributed by atoms with E-state index in [1.165, 1.54) is 18.3 Å². The molecule has 0 saturated heterocycles. The topological polar surface area (TPSA) is 416 Å². The molecule has 12 aromatic rings. The molecule has 0 aliphatic heterocycles. The van der Waals surface area contributed by atoms with Crippen molar-refractivity contribution < 1.29 is 81.4 Å². The molecule has 5 N–H and O–H groups in total. The van der Waals surface area contributed by atoms with Crippen molar-refractivity contribution in [3.63, 3.8) is 0 Å². The van der Waals surface area contributed by atoms with Gasteiger partial charge in [-0.15, -0.1) is 0 Å². The molecule has 1 unspecified atom stereocenters. The highest BCUT2D eigenvalue weighted by Crippen LogP contribution is 2.30. The maximum atomic E-state index is 14.4. The molecular formula is C91H111F3N20O17. The van der Waals surface area contributed by atoms with Crippen LogP contribution in [0.3, 0.4) is 0 Å². The number of hydrogen-bond donors (Lipinski definition) is 5. The number of aliphatic carboxylic acids is 1. The lowest BCUT2D eigenvalue weighted by Crippen LogP contribution is -2.34. The Hall–Kier alpha value is -13.0. The van der Waals surface area contributed by atoms with Crippen molar-refractivity contribution in [2.75, 3.05) is 137 Å². The lowest BCUT2D eigenvalue weighted by molar-refractivity contribution is -0.235. The number of benzene rings is 3. The van der Waals surface area contributed by atoms with Crippen LogP contribution >= 0.6 is 0 Å². The predicted octanol–water partition coefficient (Wildman–Crippen LogP) is 9.76. The fourth-order valence-corrected chi connectivity index (χ4v) is 15.4. The van der Waals surface area contributed by atoms with E-state index in [2.05, 4.69) is 55.3 Å². The molecular weight excluding hydrogens is 1700 g/mol. The van der Waals surface area contributed by atoms with Gasteiger partial charge in [0.1, 0.15) is 29.8 Å². The van der Waals surface area contributed by atoms with E-state index in [0.29, 0.717) is 143 Å². The minimum atomic E-state index is -4.58. The Morgan fingerprint density at radius 1 is 0.427 bits per heavy atom. The molecule has 3 aromatic carbocycles. The Bertz CT molecular complexity index is 5960. The Kier molecular flexibility index (Phi) is 34.9. The number of nitrogens with zero attached hydrogens (tertiary/aromatic N) is 18. The number of ether oxygens (including phenoxy) is 6. The molecule has 0 bridgehead atoms. The van der Waals surface area contributed by atoms with Crippen molar-refractivity contribution in [3.05, 3.63) is 217 Å². The fourth-order valence-electron chi connectivity index (χ4n) is 15.4. The first-order valence-electron chi connectivity index (χ1n) is 43.9. The van der Waals surface area contributed by atoms with Gasteiger partial charge in [-0.1, -0.05) is 50.2 Å². The number of imidazole rings is 3. The third kappa shape index (κ3) is 24.6. The van der Waals surface area contributed by atoms with Crippen LogP contribution in [0.15, 0.2) is 161 Å². The van der Waals surface area contributed by atoms with Crippen molar-refractivity contribution >= 4 is 80.9 Å². The summed E-state index contributed by atoms with van der Waals surface area (Å²) in [6.45, 7) is 20.8. The second-order valence-corrected chi connectivity index (χ2v) is 30.6. The van der Waals surface area contributed by atoms with Gasteiger partial charge in [-0.2, -0.15) is 33.7 Å². The van der Waals surface area contributed by atoms with Crippen LogP contribution < -0.4 is 42.4 Å². The molecule has 0 fully saturated rings. The van der Waals surface area contributed by atoms with Gasteiger partial charge in [-0.05, 0) is 150 Å². The first-order chi connectivity index (χ1) is 63.6. The van der Waals surface area contributed by atoms with Gasteiger partial charge in [0.2, 0.25) is 17.8 Å². The summed E-state index contributed by atoms with van der Waals surface area (Å²) < 4.78 is 87.1. The third-order valence-corrected chi connectivity index (χ3v) is 22.4. The molecule has 40 heteroatoms. The van der Waals surface area contributed by atoms with Gasteiger partial charge in [-0.25, -0.2) is 72.6 Å². The first-order valence-corrected chi connectivity index (χ1v) is 43.9. The van der Waals surface area contributed by atoms with Gasteiger partial charge in [0.15, 0.2) is 16.9 Å². The minimum absolute atomic E-state index is 0.00450. The zero-order chi connectivity index (χ0) is 93.1. The lowest BCUT2D eigenvalue weighted by Gasteiger charge is -2.22. The highest BCUT2D eigenvalue weighted by molar-refractivity contribution is 5.81. The second-order valence-electron chi connectivity index (χ2n) is 30.6. The summed E-state index contributed by atoms with van der Waals surface area (Å²) in [5, 5.41) is 35.9. The van der Waals surface area contributed by atoms with E-state index in [1.807, 2.05) is 65.2 Å². The largest absolute Gasteiger partial charge is 0.481 e. The average Bonchev–Trinajstić information content (AvgIpc) is 1.62. The number of hydrogen-bond acceptors (Lipinski definition) is 30. The van der Waals surface area contributed by atoms with Gasteiger partial charge in [0.25, 0.3) is 0 Å².